The third-order valence-electron chi connectivity index (χ3n) is 4.72. The molecule has 1 aliphatic rings. The molecule has 4 rings (SSSR count). The Kier molecular flexibility index (Phi) is 3.98. The maximum absolute atomic E-state index is 14.4. The number of amides is 1. The van der Waals surface area contributed by atoms with Crippen molar-refractivity contribution in [1.82, 2.24) is 24.6 Å². The number of nitrogens with zero attached hydrogens (tertiary/aromatic N) is 5. The second-order valence-electron chi connectivity index (χ2n) is 6.35. The normalized spacial score (nSPS) is 16.8. The summed E-state index contributed by atoms with van der Waals surface area (Å²) in [6, 6.07) is 3.70. The average Bonchev–Trinajstić information content (AvgIpc) is 3.27. The van der Waals surface area contributed by atoms with Gasteiger partial charge in [0.1, 0.15) is 29.4 Å². The zero-order valence-corrected chi connectivity index (χ0v) is 14.3. The molecule has 0 spiro atoms. The van der Waals surface area contributed by atoms with Crippen molar-refractivity contribution in [2.45, 2.75) is 12.5 Å². The van der Waals surface area contributed by atoms with Crippen molar-refractivity contribution in [3.8, 4) is 17.0 Å². The summed E-state index contributed by atoms with van der Waals surface area (Å²) in [5.41, 5.74) is 6.99. The highest BCUT2D eigenvalue weighted by molar-refractivity contribution is 5.98. The highest BCUT2D eigenvalue weighted by Gasteiger charge is 2.30. The molecule has 1 unspecified atom stereocenters. The van der Waals surface area contributed by atoms with Gasteiger partial charge in [-0.1, -0.05) is 6.58 Å². The Balaban J connectivity index is 1.85. The van der Waals surface area contributed by atoms with Crippen LogP contribution in [0.2, 0.25) is 0 Å². The number of hydrogen-bond donors (Lipinski definition) is 2. The van der Waals surface area contributed by atoms with Gasteiger partial charge in [-0.3, -0.25) is 4.79 Å². The molecule has 9 heteroatoms. The summed E-state index contributed by atoms with van der Waals surface area (Å²) >= 11 is 0. The van der Waals surface area contributed by atoms with E-state index in [0.717, 1.165) is 6.07 Å². The first-order valence-corrected chi connectivity index (χ1v) is 8.38. The summed E-state index contributed by atoms with van der Waals surface area (Å²) in [7, 11) is 0. The molecule has 138 valence electrons. The molecule has 1 aliphatic heterocycles. The van der Waals surface area contributed by atoms with E-state index in [-0.39, 0.29) is 29.1 Å². The van der Waals surface area contributed by atoms with Crippen molar-refractivity contribution in [1.29, 1.82) is 0 Å². The number of fused-ring (bicyclic) bond motifs is 1. The predicted octanol–water partition coefficient (Wildman–Crippen LogP) is 1.88. The van der Waals surface area contributed by atoms with E-state index in [2.05, 4.69) is 21.6 Å². The van der Waals surface area contributed by atoms with Crippen LogP contribution in [0.4, 0.5) is 10.2 Å². The van der Waals surface area contributed by atoms with E-state index in [1.165, 1.54) is 24.5 Å². The minimum atomic E-state index is -0.625. The number of aromatic hydroxyl groups is 1. The van der Waals surface area contributed by atoms with Crippen LogP contribution in [0.15, 0.2) is 37.2 Å². The quantitative estimate of drug-likeness (QED) is 0.683. The van der Waals surface area contributed by atoms with E-state index < -0.39 is 5.82 Å². The second kappa shape index (κ2) is 6.35. The number of carbonyl (C=O) groups is 1. The fourth-order valence-corrected chi connectivity index (χ4v) is 3.41. The van der Waals surface area contributed by atoms with Crippen molar-refractivity contribution in [2.24, 2.45) is 0 Å². The van der Waals surface area contributed by atoms with Crippen molar-refractivity contribution in [3.05, 3.63) is 43.0 Å². The van der Waals surface area contributed by atoms with Crippen LogP contribution in [-0.2, 0) is 4.79 Å². The van der Waals surface area contributed by atoms with Crippen molar-refractivity contribution in [3.63, 3.8) is 0 Å². The minimum Gasteiger partial charge on any atom is -0.508 e. The standard InChI is InChI=1S/C18H17FN6O2/c1-2-14(27)24-6-5-10(8-24)25-18-15(17(20)21-9-22-18)16(23-25)12-4-3-11(26)7-13(12)19/h2-4,7,9-10,26H,1,5-6,8H2,(H2,20,21,22). The number of rotatable bonds is 3. The minimum absolute atomic E-state index is 0.125. The first-order valence-electron chi connectivity index (χ1n) is 8.38. The fourth-order valence-electron chi connectivity index (χ4n) is 3.41. The number of benzene rings is 1. The summed E-state index contributed by atoms with van der Waals surface area (Å²) in [5.74, 6) is -0.767. The largest absolute Gasteiger partial charge is 0.508 e. The Bertz CT molecular complexity index is 1060. The number of phenols is 1. The van der Waals surface area contributed by atoms with E-state index >= 15 is 0 Å². The lowest BCUT2D eigenvalue weighted by molar-refractivity contribution is -0.125. The first kappa shape index (κ1) is 17.0. The Hall–Kier alpha value is -3.49. The van der Waals surface area contributed by atoms with E-state index in [1.807, 2.05) is 0 Å². The Labute approximate surface area is 153 Å². The molecule has 0 radical (unpaired) electrons. The lowest BCUT2D eigenvalue weighted by Gasteiger charge is -2.14. The maximum atomic E-state index is 14.4. The van der Waals surface area contributed by atoms with Crippen LogP contribution < -0.4 is 5.73 Å². The maximum Gasteiger partial charge on any atom is 0.246 e. The molecule has 1 aromatic carbocycles. The van der Waals surface area contributed by atoms with Crippen molar-refractivity contribution < 1.29 is 14.3 Å². The molecule has 0 aliphatic carbocycles. The summed E-state index contributed by atoms with van der Waals surface area (Å²) < 4.78 is 16.1. The molecular formula is C18H17FN6O2. The van der Waals surface area contributed by atoms with E-state index in [0.29, 0.717) is 36.2 Å². The van der Waals surface area contributed by atoms with Gasteiger partial charge in [-0.15, -0.1) is 0 Å². The smallest absolute Gasteiger partial charge is 0.246 e. The van der Waals surface area contributed by atoms with Gasteiger partial charge in [0.15, 0.2) is 5.65 Å². The van der Waals surface area contributed by atoms with Crippen LogP contribution in [-0.4, -0.2) is 48.8 Å². The van der Waals surface area contributed by atoms with Gasteiger partial charge < -0.3 is 15.7 Å². The van der Waals surface area contributed by atoms with E-state index in [4.69, 9.17) is 5.73 Å². The molecule has 0 saturated carbocycles. The molecule has 3 heterocycles. The monoisotopic (exact) mass is 368 g/mol. The second-order valence-corrected chi connectivity index (χ2v) is 6.35. The summed E-state index contributed by atoms with van der Waals surface area (Å²) in [4.78, 5) is 21.8. The van der Waals surface area contributed by atoms with Gasteiger partial charge in [0, 0.05) is 24.7 Å². The van der Waals surface area contributed by atoms with E-state index in [1.54, 1.807) is 9.58 Å². The molecule has 2 aromatic heterocycles. The number of phenolic OH excluding ortho intramolecular Hbond substituents is 1. The Morgan fingerprint density at radius 1 is 1.41 bits per heavy atom. The van der Waals surface area contributed by atoms with Gasteiger partial charge in [0.25, 0.3) is 0 Å². The summed E-state index contributed by atoms with van der Waals surface area (Å²) in [6.45, 7) is 4.53. The number of likely N-dealkylation sites (tertiary alicyclic amines) is 1. The molecule has 1 atom stereocenters. The molecule has 1 saturated heterocycles. The number of halogens is 1. The molecule has 0 bridgehead atoms. The van der Waals surface area contributed by atoms with Crippen LogP contribution in [0.1, 0.15) is 12.5 Å². The van der Waals surface area contributed by atoms with Gasteiger partial charge in [-0.2, -0.15) is 5.10 Å². The topological polar surface area (TPSA) is 110 Å². The van der Waals surface area contributed by atoms with Crippen LogP contribution in [0.3, 0.4) is 0 Å². The fraction of sp³-hybridized carbons (Fsp3) is 0.222. The number of carbonyl (C=O) groups excluding carboxylic acids is 1. The average molecular weight is 368 g/mol. The van der Waals surface area contributed by atoms with Crippen LogP contribution in [0.5, 0.6) is 5.75 Å². The number of nitrogen functional groups attached to an aromatic ring is 1. The highest BCUT2D eigenvalue weighted by Crippen LogP contribution is 2.35. The molecule has 1 amide bonds. The van der Waals surface area contributed by atoms with Crippen LogP contribution in [0.25, 0.3) is 22.3 Å². The number of hydrogen-bond acceptors (Lipinski definition) is 6. The molecule has 1 fully saturated rings. The predicted molar refractivity (Wildman–Crippen MR) is 97.2 cm³/mol. The molecule has 3 N–H and O–H groups in total. The molecule has 3 aromatic rings. The van der Waals surface area contributed by atoms with Crippen molar-refractivity contribution >= 4 is 22.8 Å². The third kappa shape index (κ3) is 2.77. The Morgan fingerprint density at radius 2 is 2.22 bits per heavy atom. The Morgan fingerprint density at radius 3 is 2.96 bits per heavy atom. The van der Waals surface area contributed by atoms with Gasteiger partial charge in [-0.05, 0) is 24.6 Å². The molecular weight excluding hydrogens is 351 g/mol. The third-order valence-corrected chi connectivity index (χ3v) is 4.72. The van der Waals surface area contributed by atoms with Gasteiger partial charge in [0.2, 0.25) is 5.91 Å². The number of nitrogens with two attached hydrogens (primary N) is 1. The number of aromatic nitrogens is 4. The molecule has 8 nitrogen and oxygen atoms in total. The van der Waals surface area contributed by atoms with E-state index in [9.17, 15) is 14.3 Å². The van der Waals surface area contributed by atoms with Crippen LogP contribution >= 0.6 is 0 Å². The lowest BCUT2D eigenvalue weighted by Crippen LogP contribution is -2.27. The number of anilines is 1. The zero-order chi connectivity index (χ0) is 19.1. The summed E-state index contributed by atoms with van der Waals surface area (Å²) in [5, 5.41) is 14.5. The zero-order valence-electron chi connectivity index (χ0n) is 14.3. The highest BCUT2D eigenvalue weighted by atomic mass is 19.1. The SMILES string of the molecule is C=CC(=O)N1CCC(n2nc(-c3ccc(O)cc3F)c3c(N)ncnc32)C1. The van der Waals surface area contributed by atoms with Gasteiger partial charge in [0.05, 0.1) is 11.4 Å². The van der Waals surface area contributed by atoms with Gasteiger partial charge in [-0.25, -0.2) is 19.0 Å². The summed E-state index contributed by atoms with van der Waals surface area (Å²) in [6.07, 6.45) is 3.28. The molecule has 27 heavy (non-hydrogen) atoms. The van der Waals surface area contributed by atoms with Crippen LogP contribution in [0, 0.1) is 5.82 Å². The van der Waals surface area contributed by atoms with Crippen molar-refractivity contribution in [2.75, 3.05) is 18.8 Å². The lowest BCUT2D eigenvalue weighted by atomic mass is 10.1. The van der Waals surface area contributed by atoms with Gasteiger partial charge >= 0.3 is 0 Å². The first-order chi connectivity index (χ1) is 13.0.